The molecule has 0 radical (unpaired) electrons. The lowest BCUT2D eigenvalue weighted by Gasteiger charge is -2.01. The molecule has 0 spiro atoms. The van der Waals surface area contributed by atoms with Gasteiger partial charge in [0.05, 0.1) is 0 Å². The second kappa shape index (κ2) is 4.23. The maximum Gasteiger partial charge on any atom is 0.273 e. The van der Waals surface area contributed by atoms with Gasteiger partial charge in [0.25, 0.3) is 5.91 Å². The van der Waals surface area contributed by atoms with Crippen LogP contribution < -0.4 is 10.6 Å². The molecule has 1 aromatic rings. The summed E-state index contributed by atoms with van der Waals surface area (Å²) in [5.74, 6) is -0.201. The van der Waals surface area contributed by atoms with E-state index < -0.39 is 0 Å². The van der Waals surface area contributed by atoms with E-state index in [9.17, 15) is 9.90 Å². The monoisotopic (exact) mass is 298 g/mol. The van der Waals surface area contributed by atoms with Gasteiger partial charge < -0.3 is 10.4 Å². The van der Waals surface area contributed by atoms with Crippen LogP contribution in [-0.2, 0) is 4.79 Å². The van der Waals surface area contributed by atoms with Gasteiger partial charge in [0.2, 0.25) is 0 Å². The number of benzene rings is 1. The van der Waals surface area contributed by atoms with Gasteiger partial charge in [-0.2, -0.15) is 0 Å². The topological polar surface area (TPSA) is 61.4 Å². The minimum Gasteiger partial charge on any atom is -0.507 e. The van der Waals surface area contributed by atoms with Crippen LogP contribution in [0.2, 0.25) is 0 Å². The third-order valence-corrected chi connectivity index (χ3v) is 2.71. The normalized spacial score (nSPS) is 17.4. The number of phenols is 1. The van der Waals surface area contributed by atoms with Crippen LogP contribution in [0.15, 0.2) is 28.4 Å². The van der Waals surface area contributed by atoms with E-state index in [0.717, 1.165) is 4.47 Å². The standard InChI is InChI=1S/C10H7BrN2O2S/c11-6-1-2-8(14)5(3-6)4-7-9(15)13-10(16)12-7/h1-4,14H,(H2,12,13,15,16)/b7-4-. The predicted octanol–water partition coefficient (Wildman–Crippen LogP) is 1.50. The summed E-state index contributed by atoms with van der Waals surface area (Å²) in [6.07, 6.45) is 1.54. The first-order valence-electron chi connectivity index (χ1n) is 4.39. The van der Waals surface area contributed by atoms with Gasteiger partial charge in [0, 0.05) is 10.0 Å². The number of carbonyl (C=O) groups excluding carboxylic acids is 1. The van der Waals surface area contributed by atoms with Gasteiger partial charge in [-0.05, 0) is 36.5 Å². The van der Waals surface area contributed by atoms with Crippen LogP contribution in [0, 0.1) is 0 Å². The summed E-state index contributed by atoms with van der Waals surface area (Å²) < 4.78 is 0.818. The summed E-state index contributed by atoms with van der Waals surface area (Å²) in [6.45, 7) is 0. The van der Waals surface area contributed by atoms with E-state index in [2.05, 4.69) is 26.6 Å². The molecule has 4 nitrogen and oxygen atoms in total. The molecule has 16 heavy (non-hydrogen) atoms. The zero-order chi connectivity index (χ0) is 11.7. The zero-order valence-corrected chi connectivity index (χ0v) is 10.4. The molecule has 1 amide bonds. The molecule has 2 rings (SSSR count). The summed E-state index contributed by atoms with van der Waals surface area (Å²) in [7, 11) is 0. The van der Waals surface area contributed by atoms with E-state index in [4.69, 9.17) is 12.2 Å². The molecule has 1 fully saturated rings. The van der Waals surface area contributed by atoms with Gasteiger partial charge >= 0.3 is 0 Å². The highest BCUT2D eigenvalue weighted by Gasteiger charge is 2.20. The fourth-order valence-corrected chi connectivity index (χ4v) is 1.86. The number of nitrogens with one attached hydrogen (secondary N) is 2. The van der Waals surface area contributed by atoms with Crippen molar-refractivity contribution < 1.29 is 9.90 Å². The number of hydrogen-bond donors (Lipinski definition) is 3. The molecule has 0 unspecified atom stereocenters. The molecule has 0 aliphatic carbocycles. The van der Waals surface area contributed by atoms with Crippen LogP contribution in [0.4, 0.5) is 0 Å². The fraction of sp³-hybridized carbons (Fsp3) is 0. The number of halogens is 1. The molecule has 0 atom stereocenters. The lowest BCUT2D eigenvalue weighted by molar-refractivity contribution is -0.115. The van der Waals surface area contributed by atoms with Gasteiger partial charge in [0.15, 0.2) is 5.11 Å². The van der Waals surface area contributed by atoms with E-state index in [0.29, 0.717) is 11.3 Å². The Balaban J connectivity index is 2.39. The predicted molar refractivity (Wildman–Crippen MR) is 67.7 cm³/mol. The average molecular weight is 299 g/mol. The molecule has 6 heteroatoms. The Kier molecular flexibility index (Phi) is 2.93. The molecule has 0 saturated carbocycles. The second-order valence-electron chi connectivity index (χ2n) is 3.17. The molecule has 3 N–H and O–H groups in total. The fourth-order valence-electron chi connectivity index (χ4n) is 1.28. The number of rotatable bonds is 1. The van der Waals surface area contributed by atoms with Crippen LogP contribution in [0.25, 0.3) is 6.08 Å². The highest BCUT2D eigenvalue weighted by Crippen LogP contribution is 2.24. The molecular weight excluding hydrogens is 292 g/mol. The number of hydrogen-bond acceptors (Lipinski definition) is 3. The van der Waals surface area contributed by atoms with Crippen LogP contribution in [0.3, 0.4) is 0 Å². The Morgan fingerprint density at radius 1 is 1.38 bits per heavy atom. The van der Waals surface area contributed by atoms with Gasteiger partial charge in [0.1, 0.15) is 11.4 Å². The third-order valence-electron chi connectivity index (χ3n) is 2.01. The molecular formula is C10H7BrN2O2S. The van der Waals surface area contributed by atoms with Crippen molar-refractivity contribution in [3.05, 3.63) is 33.9 Å². The van der Waals surface area contributed by atoms with Gasteiger partial charge in [-0.1, -0.05) is 15.9 Å². The average Bonchev–Trinajstić information content (AvgIpc) is 2.51. The molecule has 1 aliphatic heterocycles. The van der Waals surface area contributed by atoms with Crippen molar-refractivity contribution in [3.8, 4) is 5.75 Å². The molecule has 0 bridgehead atoms. The zero-order valence-electron chi connectivity index (χ0n) is 7.95. The summed E-state index contributed by atoms with van der Waals surface area (Å²) in [5.41, 5.74) is 0.857. The quantitative estimate of drug-likeness (QED) is 0.543. The van der Waals surface area contributed by atoms with Crippen molar-refractivity contribution in [2.45, 2.75) is 0 Å². The maximum absolute atomic E-state index is 11.4. The van der Waals surface area contributed by atoms with Crippen molar-refractivity contribution >= 4 is 45.2 Å². The Morgan fingerprint density at radius 3 is 2.75 bits per heavy atom. The summed E-state index contributed by atoms with van der Waals surface area (Å²) in [6, 6.07) is 4.96. The number of thiocarbonyl (C=S) groups is 1. The Hall–Kier alpha value is -1.40. The Morgan fingerprint density at radius 2 is 2.12 bits per heavy atom. The van der Waals surface area contributed by atoms with E-state index in [1.54, 1.807) is 18.2 Å². The summed E-state index contributed by atoms with van der Waals surface area (Å²) >= 11 is 8.08. The maximum atomic E-state index is 11.4. The lowest BCUT2D eigenvalue weighted by atomic mass is 10.1. The van der Waals surface area contributed by atoms with Gasteiger partial charge in [-0.15, -0.1) is 0 Å². The Labute approximate surface area is 105 Å². The minimum atomic E-state index is -0.302. The van der Waals surface area contributed by atoms with Crippen LogP contribution in [0.1, 0.15) is 5.56 Å². The summed E-state index contributed by atoms with van der Waals surface area (Å²) in [5, 5.41) is 15.0. The highest BCUT2D eigenvalue weighted by atomic mass is 79.9. The highest BCUT2D eigenvalue weighted by molar-refractivity contribution is 9.10. The molecule has 1 aromatic carbocycles. The Bertz CT molecular complexity index is 514. The minimum absolute atomic E-state index is 0.100. The van der Waals surface area contributed by atoms with E-state index in [1.165, 1.54) is 6.08 Å². The van der Waals surface area contributed by atoms with Crippen LogP contribution >= 0.6 is 28.1 Å². The lowest BCUT2D eigenvalue weighted by Crippen LogP contribution is -2.21. The smallest absolute Gasteiger partial charge is 0.273 e. The number of amides is 1. The molecule has 0 aromatic heterocycles. The van der Waals surface area contributed by atoms with E-state index in [1.807, 2.05) is 0 Å². The van der Waals surface area contributed by atoms with Crippen molar-refractivity contribution in [2.75, 3.05) is 0 Å². The molecule has 82 valence electrons. The molecule has 1 heterocycles. The second-order valence-corrected chi connectivity index (χ2v) is 4.49. The molecule has 1 saturated heterocycles. The van der Waals surface area contributed by atoms with Crippen molar-refractivity contribution in [1.82, 2.24) is 10.6 Å². The first-order valence-corrected chi connectivity index (χ1v) is 5.59. The SMILES string of the molecule is O=C1NC(=S)N/C1=C\c1cc(Br)ccc1O. The van der Waals surface area contributed by atoms with Crippen molar-refractivity contribution in [2.24, 2.45) is 0 Å². The van der Waals surface area contributed by atoms with Crippen LogP contribution in [-0.4, -0.2) is 16.1 Å². The van der Waals surface area contributed by atoms with E-state index >= 15 is 0 Å². The largest absolute Gasteiger partial charge is 0.507 e. The molecule has 1 aliphatic rings. The number of aromatic hydroxyl groups is 1. The van der Waals surface area contributed by atoms with Crippen molar-refractivity contribution in [1.29, 1.82) is 0 Å². The van der Waals surface area contributed by atoms with Crippen LogP contribution in [0.5, 0.6) is 5.75 Å². The van der Waals surface area contributed by atoms with E-state index in [-0.39, 0.29) is 16.8 Å². The number of phenolic OH excluding ortho intramolecular Hbond substituents is 1. The van der Waals surface area contributed by atoms with Crippen molar-refractivity contribution in [3.63, 3.8) is 0 Å². The number of carbonyl (C=O) groups is 1. The van der Waals surface area contributed by atoms with Gasteiger partial charge in [-0.25, -0.2) is 0 Å². The van der Waals surface area contributed by atoms with Gasteiger partial charge in [-0.3, -0.25) is 10.1 Å². The summed E-state index contributed by atoms with van der Waals surface area (Å²) in [4.78, 5) is 11.4. The first-order chi connectivity index (χ1) is 7.56. The third kappa shape index (κ3) is 2.23. The first kappa shape index (κ1) is 11.1.